The Hall–Kier alpha value is -1.25. The lowest BCUT2D eigenvalue weighted by Gasteiger charge is -2.36. The molecule has 2 aliphatic heterocycles. The number of thioether (sulfide) groups is 1. The number of piperidine rings is 1. The fourth-order valence-electron chi connectivity index (χ4n) is 4.80. The molecule has 0 bridgehead atoms. The summed E-state index contributed by atoms with van der Waals surface area (Å²) in [6.07, 6.45) is 11.8. The van der Waals surface area contributed by atoms with Crippen LogP contribution in [0.4, 0.5) is 0 Å². The van der Waals surface area contributed by atoms with Gasteiger partial charge in [-0.15, -0.1) is 11.8 Å². The smallest absolute Gasteiger partial charge is 0.0235 e. The first-order chi connectivity index (χ1) is 16.1. The van der Waals surface area contributed by atoms with E-state index in [1.165, 1.54) is 87.0 Å². The van der Waals surface area contributed by atoms with Gasteiger partial charge in [0.25, 0.3) is 0 Å². The molecular weight excluding hydrogens is 418 g/mol. The third-order valence-electron chi connectivity index (χ3n) is 6.76. The number of hydrogen-bond acceptors (Lipinski definition) is 2. The van der Waals surface area contributed by atoms with Crippen molar-refractivity contribution >= 4 is 11.8 Å². The summed E-state index contributed by atoms with van der Waals surface area (Å²) < 4.78 is 0. The van der Waals surface area contributed by atoms with E-state index in [1.807, 2.05) is 11.8 Å². The molecule has 2 aromatic rings. The van der Waals surface area contributed by atoms with Gasteiger partial charge in [-0.2, -0.15) is 0 Å². The number of nitrogens with zero attached hydrogens (tertiary/aromatic N) is 1. The van der Waals surface area contributed by atoms with Crippen molar-refractivity contribution in [2.45, 2.75) is 108 Å². The maximum absolute atomic E-state index is 2.69. The van der Waals surface area contributed by atoms with Crippen LogP contribution in [0.5, 0.6) is 0 Å². The first kappa shape index (κ1) is 28.0. The highest BCUT2D eigenvalue weighted by Gasteiger charge is 2.31. The summed E-state index contributed by atoms with van der Waals surface area (Å²) in [6.45, 7) is 15.0. The number of rotatable bonds is 5. The molecule has 1 fully saturated rings. The lowest BCUT2D eigenvalue weighted by atomic mass is 9.72. The molecule has 0 N–H and O–H groups in total. The Morgan fingerprint density at radius 3 is 2.09 bits per heavy atom. The van der Waals surface area contributed by atoms with Crippen LogP contribution >= 0.6 is 11.8 Å². The molecule has 2 aromatic carbocycles. The van der Waals surface area contributed by atoms with Crippen molar-refractivity contribution < 1.29 is 0 Å². The van der Waals surface area contributed by atoms with Crippen molar-refractivity contribution in [3.63, 3.8) is 0 Å². The molecule has 0 aliphatic carbocycles. The van der Waals surface area contributed by atoms with Crippen LogP contribution in [0.1, 0.15) is 103 Å². The molecule has 2 heteroatoms. The van der Waals surface area contributed by atoms with Crippen LogP contribution in [0.2, 0.25) is 0 Å². The SMILES string of the molecule is CC1(CCCN2CCCCC2)Cc2ccccc2SCc2ccccc21.CCC.CCCC. The lowest BCUT2D eigenvalue weighted by Crippen LogP contribution is -2.33. The summed E-state index contributed by atoms with van der Waals surface area (Å²) in [4.78, 5) is 4.16. The molecule has 0 spiro atoms. The Morgan fingerprint density at radius 2 is 1.42 bits per heavy atom. The van der Waals surface area contributed by atoms with E-state index < -0.39 is 0 Å². The molecule has 0 saturated carbocycles. The molecule has 184 valence electrons. The predicted octanol–water partition coefficient (Wildman–Crippen LogP) is 9.28. The van der Waals surface area contributed by atoms with Gasteiger partial charge in [0.2, 0.25) is 0 Å². The van der Waals surface area contributed by atoms with Crippen LogP contribution in [-0.2, 0) is 17.6 Å². The summed E-state index contributed by atoms with van der Waals surface area (Å²) in [7, 11) is 0. The number of hydrogen-bond donors (Lipinski definition) is 0. The minimum atomic E-state index is 0.240. The summed E-state index contributed by atoms with van der Waals surface area (Å²) in [5.74, 6) is 1.09. The summed E-state index contributed by atoms with van der Waals surface area (Å²) >= 11 is 2.00. The normalized spacial score (nSPS) is 20.0. The maximum Gasteiger partial charge on any atom is 0.0235 e. The quantitative estimate of drug-likeness (QED) is 0.431. The second-order valence-electron chi connectivity index (χ2n) is 10.0. The van der Waals surface area contributed by atoms with E-state index in [-0.39, 0.29) is 5.41 Å². The van der Waals surface area contributed by atoms with Crippen molar-refractivity contribution in [3.8, 4) is 0 Å². The van der Waals surface area contributed by atoms with E-state index in [0.717, 1.165) is 12.2 Å². The fourth-order valence-corrected chi connectivity index (χ4v) is 5.86. The molecule has 1 unspecified atom stereocenters. The topological polar surface area (TPSA) is 3.24 Å². The monoisotopic (exact) mass is 467 g/mol. The zero-order valence-corrected chi connectivity index (χ0v) is 23.0. The number of likely N-dealkylation sites (tertiary alicyclic amines) is 1. The van der Waals surface area contributed by atoms with Crippen LogP contribution in [0.15, 0.2) is 53.4 Å². The number of fused-ring (bicyclic) bond motifs is 2. The first-order valence-electron chi connectivity index (χ1n) is 13.6. The highest BCUT2D eigenvalue weighted by atomic mass is 32.2. The van der Waals surface area contributed by atoms with Crippen molar-refractivity contribution in [2.24, 2.45) is 0 Å². The molecular formula is C31H49NS. The zero-order valence-electron chi connectivity index (χ0n) is 22.2. The fraction of sp³-hybridized carbons (Fsp3) is 0.613. The standard InChI is InChI=1S/C24H31NS.C4H10.C3H8/c1-24(14-9-17-25-15-7-2-8-16-25)18-20-10-4-6-13-23(20)26-19-21-11-3-5-12-22(21)24;1-3-4-2;1-3-2/h3-6,10-13H,2,7-9,14-19H2,1H3;3-4H2,1-2H3;3H2,1-2H3. The number of unbranched alkanes of at least 4 members (excludes halogenated alkanes) is 1. The molecule has 1 atom stereocenters. The van der Waals surface area contributed by atoms with Gasteiger partial charge in [0.15, 0.2) is 0 Å². The third kappa shape index (κ3) is 9.13. The van der Waals surface area contributed by atoms with Gasteiger partial charge in [-0.25, -0.2) is 0 Å². The molecule has 2 aliphatic rings. The second kappa shape index (κ2) is 15.6. The summed E-state index contributed by atoms with van der Waals surface area (Å²) in [6, 6.07) is 18.2. The second-order valence-corrected chi connectivity index (χ2v) is 11.0. The van der Waals surface area contributed by atoms with E-state index in [9.17, 15) is 0 Å². The van der Waals surface area contributed by atoms with E-state index in [4.69, 9.17) is 0 Å². The Kier molecular flexibility index (Phi) is 13.2. The molecule has 0 radical (unpaired) electrons. The van der Waals surface area contributed by atoms with Gasteiger partial charge in [-0.05, 0) is 79.9 Å². The zero-order chi connectivity index (χ0) is 23.9. The Bertz CT molecular complexity index is 778. The van der Waals surface area contributed by atoms with Gasteiger partial charge in [-0.3, -0.25) is 0 Å². The van der Waals surface area contributed by atoms with Gasteiger partial charge in [0.05, 0.1) is 0 Å². The van der Waals surface area contributed by atoms with E-state index >= 15 is 0 Å². The Balaban J connectivity index is 0.000000489. The molecule has 1 saturated heterocycles. The maximum atomic E-state index is 2.69. The van der Waals surface area contributed by atoms with E-state index in [1.54, 1.807) is 5.56 Å². The van der Waals surface area contributed by atoms with Crippen LogP contribution in [0.25, 0.3) is 0 Å². The van der Waals surface area contributed by atoms with Gasteiger partial charge in [0, 0.05) is 10.6 Å². The van der Waals surface area contributed by atoms with Crippen LogP contribution in [-0.4, -0.2) is 24.5 Å². The van der Waals surface area contributed by atoms with Crippen LogP contribution in [0.3, 0.4) is 0 Å². The van der Waals surface area contributed by atoms with Crippen molar-refractivity contribution in [2.75, 3.05) is 19.6 Å². The molecule has 4 rings (SSSR count). The van der Waals surface area contributed by atoms with E-state index in [0.29, 0.717) is 0 Å². The molecule has 33 heavy (non-hydrogen) atoms. The number of benzene rings is 2. The Labute approximate surface area is 209 Å². The minimum absolute atomic E-state index is 0.240. The van der Waals surface area contributed by atoms with Gasteiger partial charge in [-0.1, -0.05) is 103 Å². The average Bonchev–Trinajstić information content (AvgIpc) is 2.84. The van der Waals surface area contributed by atoms with Crippen molar-refractivity contribution in [1.82, 2.24) is 4.90 Å². The van der Waals surface area contributed by atoms with E-state index in [2.05, 4.69) is 88.0 Å². The van der Waals surface area contributed by atoms with Gasteiger partial charge in [0.1, 0.15) is 0 Å². The third-order valence-corrected chi connectivity index (χ3v) is 7.92. The van der Waals surface area contributed by atoms with Crippen molar-refractivity contribution in [1.29, 1.82) is 0 Å². The van der Waals surface area contributed by atoms with Crippen LogP contribution in [0, 0.1) is 0 Å². The van der Waals surface area contributed by atoms with Gasteiger partial charge < -0.3 is 4.90 Å². The minimum Gasteiger partial charge on any atom is -0.303 e. The molecule has 0 amide bonds. The largest absolute Gasteiger partial charge is 0.303 e. The molecule has 1 nitrogen and oxygen atoms in total. The first-order valence-corrected chi connectivity index (χ1v) is 14.6. The van der Waals surface area contributed by atoms with Crippen LogP contribution < -0.4 is 0 Å². The highest BCUT2D eigenvalue weighted by molar-refractivity contribution is 7.98. The highest BCUT2D eigenvalue weighted by Crippen LogP contribution is 2.41. The molecule has 0 aromatic heterocycles. The lowest BCUT2D eigenvalue weighted by molar-refractivity contribution is 0.217. The summed E-state index contributed by atoms with van der Waals surface area (Å²) in [5.41, 5.74) is 4.89. The predicted molar refractivity (Wildman–Crippen MR) is 150 cm³/mol. The molecule has 2 heterocycles. The Morgan fingerprint density at radius 1 is 0.818 bits per heavy atom. The summed E-state index contributed by atoms with van der Waals surface area (Å²) in [5, 5.41) is 0. The van der Waals surface area contributed by atoms with Gasteiger partial charge >= 0.3 is 0 Å². The van der Waals surface area contributed by atoms with Crippen molar-refractivity contribution in [3.05, 3.63) is 65.2 Å². The average molecular weight is 468 g/mol.